The predicted octanol–water partition coefficient (Wildman–Crippen LogP) is 5.05. The van der Waals surface area contributed by atoms with Crippen LogP contribution < -0.4 is 10.6 Å². The fourth-order valence-corrected chi connectivity index (χ4v) is 3.80. The minimum Gasteiger partial charge on any atom is -0.308 e. The molecule has 168 valence electrons. The molecule has 2 aromatic carbocycles. The minimum atomic E-state index is -4.27. The van der Waals surface area contributed by atoms with Crippen molar-refractivity contribution in [3.63, 3.8) is 0 Å². The number of aromatic nitrogens is 2. The van der Waals surface area contributed by atoms with Gasteiger partial charge in [-0.25, -0.2) is 0 Å². The van der Waals surface area contributed by atoms with Crippen LogP contribution in [-0.4, -0.2) is 34.9 Å². The van der Waals surface area contributed by atoms with E-state index in [4.69, 9.17) is 16.9 Å². The standard InChI is InChI=1S/C21H17ClF3N5O.ClH/c22-17-3-1-11(9-26)5-15(17)12-2-4-18-16(8-12)19(30-29-18)28-20(31)13-6-14(7-13)27-10-21(23,24)25;/h1-5,8,13-14,27H,6-7,10H2,(H2,28,29,30,31);1H. The van der Waals surface area contributed by atoms with Crippen LogP contribution in [0.3, 0.4) is 0 Å². The Labute approximate surface area is 192 Å². The number of carbonyl (C=O) groups excluding carboxylic acids is 1. The smallest absolute Gasteiger partial charge is 0.308 e. The van der Waals surface area contributed by atoms with Gasteiger partial charge in [0.2, 0.25) is 5.91 Å². The lowest BCUT2D eigenvalue weighted by molar-refractivity contribution is -0.130. The van der Waals surface area contributed by atoms with Crippen LogP contribution in [0.4, 0.5) is 19.0 Å². The summed E-state index contributed by atoms with van der Waals surface area (Å²) in [5.74, 6) is -0.322. The number of hydrogen-bond acceptors (Lipinski definition) is 4. The van der Waals surface area contributed by atoms with Crippen LogP contribution >= 0.6 is 24.0 Å². The summed E-state index contributed by atoms with van der Waals surface area (Å²) in [5, 5.41) is 22.4. The van der Waals surface area contributed by atoms with Gasteiger partial charge in [0.1, 0.15) is 0 Å². The number of fused-ring (bicyclic) bond motifs is 1. The Morgan fingerprint density at radius 2 is 2.00 bits per heavy atom. The van der Waals surface area contributed by atoms with Gasteiger partial charge in [0.05, 0.1) is 23.7 Å². The van der Waals surface area contributed by atoms with Gasteiger partial charge in [0.25, 0.3) is 0 Å². The molecular formula is C21H18Cl2F3N5O. The molecule has 11 heteroatoms. The maximum Gasteiger partial charge on any atom is 0.401 e. The maximum atomic E-state index is 12.5. The second-order valence-corrected chi connectivity index (χ2v) is 7.90. The van der Waals surface area contributed by atoms with E-state index in [1.165, 1.54) is 0 Å². The lowest BCUT2D eigenvalue weighted by atomic mass is 9.79. The highest BCUT2D eigenvalue weighted by atomic mass is 35.5. The van der Waals surface area contributed by atoms with Gasteiger partial charge in [0, 0.05) is 27.9 Å². The Balaban J connectivity index is 0.00000289. The monoisotopic (exact) mass is 483 g/mol. The van der Waals surface area contributed by atoms with Crippen molar-refractivity contribution in [2.24, 2.45) is 5.92 Å². The third-order valence-electron chi connectivity index (χ3n) is 5.31. The fraction of sp³-hybridized carbons (Fsp3) is 0.286. The highest BCUT2D eigenvalue weighted by Crippen LogP contribution is 2.34. The quantitative estimate of drug-likeness (QED) is 0.473. The Hall–Kier alpha value is -2.80. The summed E-state index contributed by atoms with van der Waals surface area (Å²) in [7, 11) is 0. The highest BCUT2D eigenvalue weighted by molar-refractivity contribution is 6.33. The molecule has 1 aliphatic rings. The molecule has 1 aromatic heterocycles. The van der Waals surface area contributed by atoms with E-state index in [9.17, 15) is 18.0 Å². The predicted molar refractivity (Wildman–Crippen MR) is 118 cm³/mol. The molecule has 0 radical (unpaired) electrons. The summed E-state index contributed by atoms with van der Waals surface area (Å²) in [4.78, 5) is 12.5. The zero-order valence-electron chi connectivity index (χ0n) is 16.5. The molecule has 0 spiro atoms. The number of rotatable bonds is 5. The molecular weight excluding hydrogens is 466 g/mol. The van der Waals surface area contributed by atoms with Crippen molar-refractivity contribution in [2.75, 3.05) is 11.9 Å². The largest absolute Gasteiger partial charge is 0.401 e. The van der Waals surface area contributed by atoms with Crippen LogP contribution in [0.1, 0.15) is 18.4 Å². The van der Waals surface area contributed by atoms with Crippen LogP contribution in [0, 0.1) is 17.2 Å². The molecule has 32 heavy (non-hydrogen) atoms. The van der Waals surface area contributed by atoms with E-state index >= 15 is 0 Å². The van der Waals surface area contributed by atoms with Gasteiger partial charge >= 0.3 is 6.18 Å². The summed E-state index contributed by atoms with van der Waals surface area (Å²) < 4.78 is 36.8. The van der Waals surface area contributed by atoms with Crippen LogP contribution in [0.5, 0.6) is 0 Å². The third-order valence-corrected chi connectivity index (χ3v) is 5.64. The van der Waals surface area contributed by atoms with Crippen molar-refractivity contribution in [2.45, 2.75) is 25.1 Å². The molecule has 0 unspecified atom stereocenters. The topological polar surface area (TPSA) is 93.6 Å². The molecule has 3 N–H and O–H groups in total. The summed E-state index contributed by atoms with van der Waals surface area (Å²) in [6, 6.07) is 12.2. The lowest BCUT2D eigenvalue weighted by Gasteiger charge is -2.34. The average Bonchev–Trinajstić information content (AvgIpc) is 3.08. The SMILES string of the molecule is Cl.N#Cc1ccc(Cl)c(-c2ccc3[nH]nc(NC(=O)C4CC(NCC(F)(F)F)C4)c3c2)c1. The van der Waals surface area contributed by atoms with Crippen LogP contribution in [-0.2, 0) is 4.79 Å². The molecule has 0 bridgehead atoms. The molecule has 1 amide bonds. The number of H-pyrrole nitrogens is 1. The number of nitrogens with zero attached hydrogens (tertiary/aromatic N) is 2. The molecule has 3 aromatic rings. The van der Waals surface area contributed by atoms with Gasteiger partial charge in [-0.05, 0) is 48.7 Å². The third kappa shape index (κ3) is 5.15. The number of anilines is 1. The van der Waals surface area contributed by atoms with Crippen LogP contribution in [0.2, 0.25) is 5.02 Å². The van der Waals surface area contributed by atoms with Crippen molar-refractivity contribution >= 4 is 46.6 Å². The van der Waals surface area contributed by atoms with Gasteiger partial charge in [-0.15, -0.1) is 12.4 Å². The van der Waals surface area contributed by atoms with Crippen molar-refractivity contribution in [1.82, 2.24) is 15.5 Å². The first kappa shape index (κ1) is 23.9. The van der Waals surface area contributed by atoms with Crippen molar-refractivity contribution in [1.29, 1.82) is 5.26 Å². The van der Waals surface area contributed by atoms with Crippen molar-refractivity contribution in [3.8, 4) is 17.2 Å². The summed E-state index contributed by atoms with van der Waals surface area (Å²) in [5.41, 5.74) is 2.61. The Bertz CT molecular complexity index is 1180. The number of hydrogen-bond donors (Lipinski definition) is 3. The molecule has 1 aliphatic carbocycles. The maximum absolute atomic E-state index is 12.5. The number of nitriles is 1. The van der Waals surface area contributed by atoms with E-state index in [1.807, 2.05) is 12.1 Å². The average molecular weight is 484 g/mol. The molecule has 0 saturated heterocycles. The summed E-state index contributed by atoms with van der Waals surface area (Å²) in [6.45, 7) is -1.06. The molecule has 1 heterocycles. The van der Waals surface area contributed by atoms with E-state index in [0.717, 1.165) is 5.56 Å². The summed E-state index contributed by atoms with van der Waals surface area (Å²) in [6.07, 6.45) is -3.59. The second-order valence-electron chi connectivity index (χ2n) is 7.49. The van der Waals surface area contributed by atoms with E-state index in [1.54, 1.807) is 24.3 Å². The molecule has 6 nitrogen and oxygen atoms in total. The molecule has 0 atom stereocenters. The van der Waals surface area contributed by atoms with Gasteiger partial charge in [-0.1, -0.05) is 17.7 Å². The first-order valence-electron chi connectivity index (χ1n) is 9.52. The normalized spacial score (nSPS) is 17.8. The van der Waals surface area contributed by atoms with Gasteiger partial charge < -0.3 is 10.6 Å². The number of benzene rings is 2. The van der Waals surface area contributed by atoms with Crippen molar-refractivity contribution < 1.29 is 18.0 Å². The Kier molecular flexibility index (Phi) is 6.98. The van der Waals surface area contributed by atoms with E-state index < -0.39 is 12.7 Å². The first-order chi connectivity index (χ1) is 14.7. The van der Waals surface area contributed by atoms with Gasteiger partial charge in [-0.2, -0.15) is 23.5 Å². The lowest BCUT2D eigenvalue weighted by Crippen LogP contribution is -2.48. The molecule has 1 saturated carbocycles. The summed E-state index contributed by atoms with van der Waals surface area (Å²) >= 11 is 6.29. The van der Waals surface area contributed by atoms with Crippen LogP contribution in [0.15, 0.2) is 36.4 Å². The van der Waals surface area contributed by atoms with Crippen LogP contribution in [0.25, 0.3) is 22.0 Å². The van der Waals surface area contributed by atoms with E-state index in [0.29, 0.717) is 45.7 Å². The zero-order chi connectivity index (χ0) is 22.2. The number of alkyl halides is 3. The second kappa shape index (κ2) is 9.36. The highest BCUT2D eigenvalue weighted by Gasteiger charge is 2.37. The number of carbonyl (C=O) groups is 1. The Morgan fingerprint density at radius 1 is 1.25 bits per heavy atom. The number of aromatic amines is 1. The zero-order valence-corrected chi connectivity index (χ0v) is 18.0. The van der Waals surface area contributed by atoms with Crippen molar-refractivity contribution in [3.05, 3.63) is 47.0 Å². The molecule has 1 fully saturated rings. The Morgan fingerprint density at radius 3 is 2.69 bits per heavy atom. The number of nitrogens with one attached hydrogen (secondary N) is 3. The fourth-order valence-electron chi connectivity index (χ4n) is 3.57. The van der Waals surface area contributed by atoms with E-state index in [2.05, 4.69) is 26.9 Å². The number of amides is 1. The first-order valence-corrected chi connectivity index (χ1v) is 9.90. The number of halogens is 5. The minimum absolute atomic E-state index is 0. The van der Waals surface area contributed by atoms with Gasteiger partial charge in [-0.3, -0.25) is 9.89 Å². The van der Waals surface area contributed by atoms with E-state index in [-0.39, 0.29) is 30.3 Å². The van der Waals surface area contributed by atoms with Gasteiger partial charge in [0.15, 0.2) is 5.82 Å². The molecule has 4 rings (SSSR count). The molecule has 0 aliphatic heterocycles.